The first-order valence-electron chi connectivity index (χ1n) is 5.30. The second-order valence-electron chi connectivity index (χ2n) is 3.53. The molecule has 1 aromatic heterocycles. The van der Waals surface area contributed by atoms with Crippen molar-refractivity contribution in [3.8, 4) is 0 Å². The zero-order chi connectivity index (χ0) is 11.9. The summed E-state index contributed by atoms with van der Waals surface area (Å²) in [6, 6.07) is 1.80. The van der Waals surface area contributed by atoms with E-state index in [1.807, 2.05) is 6.92 Å². The van der Waals surface area contributed by atoms with Crippen LogP contribution in [0.3, 0.4) is 0 Å². The number of rotatable bonds is 7. The Morgan fingerprint density at radius 2 is 2.19 bits per heavy atom. The number of hydrogen-bond acceptors (Lipinski definition) is 5. The van der Waals surface area contributed by atoms with Crippen molar-refractivity contribution < 1.29 is 8.42 Å². The molecule has 0 bridgehead atoms. The van der Waals surface area contributed by atoms with Crippen LogP contribution in [0.4, 0.5) is 0 Å². The van der Waals surface area contributed by atoms with Crippen molar-refractivity contribution in [2.45, 2.75) is 19.9 Å². The van der Waals surface area contributed by atoms with E-state index in [1.165, 1.54) is 6.33 Å². The van der Waals surface area contributed by atoms with Gasteiger partial charge in [-0.1, -0.05) is 6.92 Å². The summed E-state index contributed by atoms with van der Waals surface area (Å²) in [5.41, 5.74) is 0.864. The lowest BCUT2D eigenvalue weighted by atomic mass is 10.4. The van der Waals surface area contributed by atoms with E-state index in [4.69, 9.17) is 0 Å². The molecule has 1 N–H and O–H groups in total. The fraction of sp³-hybridized carbons (Fsp3) is 0.600. The molecule has 1 heterocycles. The van der Waals surface area contributed by atoms with E-state index in [0.29, 0.717) is 19.5 Å². The SMILES string of the molecule is CCCS(=O)(=O)CCNCc1ccncn1. The van der Waals surface area contributed by atoms with Crippen molar-refractivity contribution in [2.75, 3.05) is 18.1 Å². The van der Waals surface area contributed by atoms with Gasteiger partial charge in [-0.25, -0.2) is 18.4 Å². The van der Waals surface area contributed by atoms with Gasteiger partial charge in [-0.2, -0.15) is 0 Å². The van der Waals surface area contributed by atoms with Gasteiger partial charge in [0.25, 0.3) is 0 Å². The number of nitrogens with one attached hydrogen (secondary N) is 1. The summed E-state index contributed by atoms with van der Waals surface area (Å²) in [7, 11) is -2.88. The van der Waals surface area contributed by atoms with Crippen LogP contribution in [0.1, 0.15) is 19.0 Å². The van der Waals surface area contributed by atoms with Crippen molar-refractivity contribution >= 4 is 9.84 Å². The van der Waals surface area contributed by atoms with E-state index in [9.17, 15) is 8.42 Å². The molecule has 0 saturated carbocycles. The van der Waals surface area contributed by atoms with Crippen LogP contribution in [0.2, 0.25) is 0 Å². The molecule has 0 fully saturated rings. The van der Waals surface area contributed by atoms with Gasteiger partial charge in [-0.15, -0.1) is 0 Å². The minimum atomic E-state index is -2.88. The molecule has 0 atom stereocenters. The molecule has 0 aliphatic rings. The highest BCUT2D eigenvalue weighted by Gasteiger charge is 2.07. The fourth-order valence-corrected chi connectivity index (χ4v) is 2.56. The Morgan fingerprint density at radius 1 is 1.38 bits per heavy atom. The molecule has 1 aromatic rings. The minimum absolute atomic E-state index is 0.186. The van der Waals surface area contributed by atoms with Crippen molar-refractivity contribution in [1.29, 1.82) is 0 Å². The maximum atomic E-state index is 11.4. The Hall–Kier alpha value is -1.01. The standard InChI is InChI=1S/C10H17N3O2S/c1-2-6-16(14,15)7-5-11-8-10-3-4-12-9-13-10/h3-4,9,11H,2,5-8H2,1H3. The molecule has 0 aliphatic heterocycles. The molecule has 0 saturated heterocycles. The van der Waals surface area contributed by atoms with Crippen molar-refractivity contribution in [3.63, 3.8) is 0 Å². The summed E-state index contributed by atoms with van der Waals surface area (Å²) in [6.45, 7) is 2.91. The van der Waals surface area contributed by atoms with Crippen molar-refractivity contribution in [3.05, 3.63) is 24.3 Å². The Kier molecular flexibility index (Phi) is 5.34. The van der Waals surface area contributed by atoms with Crippen LogP contribution in [0.25, 0.3) is 0 Å². The van der Waals surface area contributed by atoms with Gasteiger partial charge in [0.05, 0.1) is 11.4 Å². The summed E-state index contributed by atoms with van der Waals surface area (Å²) in [5, 5.41) is 3.05. The van der Waals surface area contributed by atoms with Crippen LogP contribution >= 0.6 is 0 Å². The van der Waals surface area contributed by atoms with Gasteiger partial charge >= 0.3 is 0 Å². The van der Waals surface area contributed by atoms with Gasteiger partial charge in [0.2, 0.25) is 0 Å². The van der Waals surface area contributed by atoms with Crippen LogP contribution in [-0.4, -0.2) is 36.4 Å². The normalized spacial score (nSPS) is 11.6. The molecule has 6 heteroatoms. The quantitative estimate of drug-likeness (QED) is 0.701. The third kappa shape index (κ3) is 5.18. The molecule has 0 aliphatic carbocycles. The lowest BCUT2D eigenvalue weighted by molar-refractivity contribution is 0.589. The van der Waals surface area contributed by atoms with Crippen LogP contribution < -0.4 is 5.32 Å². The molecule has 0 unspecified atom stereocenters. The number of nitrogens with zero attached hydrogens (tertiary/aromatic N) is 2. The van der Waals surface area contributed by atoms with E-state index >= 15 is 0 Å². The van der Waals surface area contributed by atoms with E-state index in [0.717, 1.165) is 5.69 Å². The van der Waals surface area contributed by atoms with Crippen LogP contribution in [0.5, 0.6) is 0 Å². The van der Waals surface area contributed by atoms with Crippen molar-refractivity contribution in [1.82, 2.24) is 15.3 Å². The second kappa shape index (κ2) is 6.55. The van der Waals surface area contributed by atoms with Crippen LogP contribution in [-0.2, 0) is 16.4 Å². The molecular weight excluding hydrogens is 226 g/mol. The highest BCUT2D eigenvalue weighted by atomic mass is 32.2. The highest BCUT2D eigenvalue weighted by Crippen LogP contribution is 1.93. The molecular formula is C10H17N3O2S. The van der Waals surface area contributed by atoms with Gasteiger partial charge in [0.1, 0.15) is 6.33 Å². The zero-order valence-electron chi connectivity index (χ0n) is 9.39. The van der Waals surface area contributed by atoms with E-state index in [-0.39, 0.29) is 11.5 Å². The summed E-state index contributed by atoms with van der Waals surface area (Å²) in [6.07, 6.45) is 3.82. The third-order valence-electron chi connectivity index (χ3n) is 2.05. The number of aromatic nitrogens is 2. The van der Waals surface area contributed by atoms with Gasteiger partial charge in [0.15, 0.2) is 9.84 Å². The lowest BCUT2D eigenvalue weighted by Crippen LogP contribution is -2.24. The maximum Gasteiger partial charge on any atom is 0.151 e. The summed E-state index contributed by atoms with van der Waals surface area (Å²) in [5.74, 6) is 0.452. The Bertz CT molecular complexity index is 392. The number of hydrogen-bond donors (Lipinski definition) is 1. The Morgan fingerprint density at radius 3 is 2.81 bits per heavy atom. The molecule has 0 spiro atoms. The van der Waals surface area contributed by atoms with E-state index in [1.54, 1.807) is 12.3 Å². The Labute approximate surface area is 96.2 Å². The first-order chi connectivity index (χ1) is 7.64. The molecule has 0 aromatic carbocycles. The van der Waals surface area contributed by atoms with E-state index < -0.39 is 9.84 Å². The molecule has 5 nitrogen and oxygen atoms in total. The minimum Gasteiger partial charge on any atom is -0.310 e. The first-order valence-corrected chi connectivity index (χ1v) is 7.12. The monoisotopic (exact) mass is 243 g/mol. The lowest BCUT2D eigenvalue weighted by Gasteiger charge is -2.04. The van der Waals surface area contributed by atoms with Crippen molar-refractivity contribution in [2.24, 2.45) is 0 Å². The smallest absolute Gasteiger partial charge is 0.151 e. The van der Waals surface area contributed by atoms with Crippen LogP contribution in [0.15, 0.2) is 18.6 Å². The van der Waals surface area contributed by atoms with E-state index in [2.05, 4.69) is 15.3 Å². The average Bonchev–Trinajstić information content (AvgIpc) is 2.26. The van der Waals surface area contributed by atoms with Gasteiger partial charge in [-0.3, -0.25) is 0 Å². The fourth-order valence-electron chi connectivity index (χ4n) is 1.28. The van der Waals surface area contributed by atoms with Gasteiger partial charge in [-0.05, 0) is 12.5 Å². The largest absolute Gasteiger partial charge is 0.310 e. The molecule has 90 valence electrons. The second-order valence-corrected chi connectivity index (χ2v) is 5.83. The summed E-state index contributed by atoms with van der Waals surface area (Å²) in [4.78, 5) is 7.83. The average molecular weight is 243 g/mol. The molecule has 0 radical (unpaired) electrons. The molecule has 1 rings (SSSR count). The highest BCUT2D eigenvalue weighted by molar-refractivity contribution is 7.91. The number of sulfone groups is 1. The molecule has 0 amide bonds. The zero-order valence-corrected chi connectivity index (χ0v) is 10.2. The third-order valence-corrected chi connectivity index (χ3v) is 3.91. The Balaban J connectivity index is 2.22. The van der Waals surface area contributed by atoms with Gasteiger partial charge < -0.3 is 5.32 Å². The van der Waals surface area contributed by atoms with Crippen LogP contribution in [0, 0.1) is 0 Å². The predicted octanol–water partition coefficient (Wildman–Crippen LogP) is 0.391. The predicted molar refractivity (Wildman–Crippen MR) is 62.7 cm³/mol. The van der Waals surface area contributed by atoms with Gasteiger partial charge in [0, 0.05) is 25.0 Å². The molecule has 16 heavy (non-hydrogen) atoms. The summed E-state index contributed by atoms with van der Waals surface area (Å²) < 4.78 is 22.8. The maximum absolute atomic E-state index is 11.4. The topological polar surface area (TPSA) is 72.0 Å². The first kappa shape index (κ1) is 13.1. The summed E-state index contributed by atoms with van der Waals surface area (Å²) >= 11 is 0.